The molecule has 1 aromatic carbocycles. The monoisotopic (exact) mass is 426 g/mol. The van der Waals surface area contributed by atoms with Gasteiger partial charge in [0.05, 0.1) is 0 Å². The van der Waals surface area contributed by atoms with Crippen LogP contribution in [0.25, 0.3) is 0 Å². The second-order valence-corrected chi connectivity index (χ2v) is 8.84. The molecule has 0 aliphatic carbocycles. The Hall–Kier alpha value is -2.61. The highest BCUT2D eigenvalue weighted by molar-refractivity contribution is 6.03. The van der Waals surface area contributed by atoms with Crippen LogP contribution in [-0.4, -0.2) is 89.5 Å². The van der Waals surface area contributed by atoms with E-state index in [0.29, 0.717) is 0 Å². The molecule has 2 fully saturated rings. The lowest BCUT2D eigenvalue weighted by Gasteiger charge is -2.40. The maximum atomic E-state index is 12.7. The molecule has 0 saturated carbocycles. The molecular weight excluding hydrogens is 392 g/mol. The molecule has 0 radical (unpaired) electrons. The number of piperazine rings is 1. The molecule has 31 heavy (non-hydrogen) atoms. The predicted octanol–water partition coefficient (Wildman–Crippen LogP) is 1.85. The van der Waals surface area contributed by atoms with Gasteiger partial charge in [0.25, 0.3) is 5.91 Å². The van der Waals surface area contributed by atoms with Gasteiger partial charge in [0.2, 0.25) is 0 Å². The summed E-state index contributed by atoms with van der Waals surface area (Å²) in [6.45, 7) is 9.66. The maximum absolute atomic E-state index is 12.7. The molecule has 2 unspecified atom stereocenters. The molecule has 2 saturated heterocycles. The molecule has 1 aromatic rings. The number of rotatable bonds is 6. The van der Waals surface area contributed by atoms with Gasteiger partial charge >= 0.3 is 6.03 Å². The van der Waals surface area contributed by atoms with Gasteiger partial charge in [0.1, 0.15) is 0 Å². The first-order valence-corrected chi connectivity index (χ1v) is 11.4. The minimum absolute atomic E-state index is 0.235. The van der Waals surface area contributed by atoms with Crippen molar-refractivity contribution in [3.8, 4) is 0 Å². The standard InChI is InChI=1S/C23H34N6O2/c1-4-5-6-11-29-19-20(26(3)23(31)25-21(19)30)24-22(29)28-14-12-27(13-15-28)16-18-9-7-17(2)8-10-18/h7-10,19-20H,4-6,11-16H2,1-3H3,(H,25,30,31). The van der Waals surface area contributed by atoms with E-state index in [9.17, 15) is 9.59 Å². The van der Waals surface area contributed by atoms with Gasteiger partial charge in [-0.05, 0) is 18.9 Å². The molecule has 168 valence electrons. The number of aryl methyl sites for hydroxylation is 1. The van der Waals surface area contributed by atoms with Crippen LogP contribution in [-0.2, 0) is 11.3 Å². The number of aliphatic imine (C=N–C) groups is 1. The van der Waals surface area contributed by atoms with E-state index in [1.165, 1.54) is 11.1 Å². The van der Waals surface area contributed by atoms with Crippen LogP contribution in [0.1, 0.15) is 37.3 Å². The second kappa shape index (κ2) is 9.26. The number of urea groups is 1. The highest BCUT2D eigenvalue weighted by Gasteiger charge is 2.49. The molecule has 3 aliphatic rings. The first-order valence-electron chi connectivity index (χ1n) is 11.4. The van der Waals surface area contributed by atoms with E-state index in [4.69, 9.17) is 4.99 Å². The van der Waals surface area contributed by atoms with E-state index in [1.54, 1.807) is 11.9 Å². The Bertz CT molecular complexity index is 831. The van der Waals surface area contributed by atoms with Crippen molar-refractivity contribution in [3.63, 3.8) is 0 Å². The van der Waals surface area contributed by atoms with Gasteiger partial charge in [-0.25, -0.2) is 9.79 Å². The van der Waals surface area contributed by atoms with Gasteiger partial charge in [0.15, 0.2) is 18.2 Å². The number of imide groups is 1. The number of guanidine groups is 1. The van der Waals surface area contributed by atoms with E-state index >= 15 is 0 Å². The van der Waals surface area contributed by atoms with Crippen LogP contribution in [0.4, 0.5) is 4.79 Å². The third-order valence-electron chi connectivity index (χ3n) is 6.52. The molecule has 2 atom stereocenters. The summed E-state index contributed by atoms with van der Waals surface area (Å²) in [7, 11) is 1.72. The molecular formula is C23H34N6O2. The van der Waals surface area contributed by atoms with Crippen molar-refractivity contribution < 1.29 is 9.59 Å². The van der Waals surface area contributed by atoms with Gasteiger partial charge in [-0.2, -0.15) is 0 Å². The molecule has 0 aromatic heterocycles. The summed E-state index contributed by atoms with van der Waals surface area (Å²) in [5, 5.41) is 2.49. The molecule has 0 bridgehead atoms. The Balaban J connectivity index is 1.44. The zero-order valence-electron chi connectivity index (χ0n) is 18.9. The van der Waals surface area contributed by atoms with E-state index in [2.05, 4.69) is 58.1 Å². The van der Waals surface area contributed by atoms with Gasteiger partial charge in [0, 0.05) is 46.3 Å². The van der Waals surface area contributed by atoms with Crippen LogP contribution < -0.4 is 5.32 Å². The molecule has 8 heteroatoms. The first kappa shape index (κ1) is 21.6. The number of unbranched alkanes of at least 4 members (excludes halogenated alkanes) is 2. The number of fused-ring (bicyclic) bond motifs is 1. The van der Waals surface area contributed by atoms with Crippen molar-refractivity contribution in [3.05, 3.63) is 35.4 Å². The molecule has 1 N–H and O–H groups in total. The largest absolute Gasteiger partial charge is 0.340 e. The number of benzene rings is 1. The third-order valence-corrected chi connectivity index (χ3v) is 6.52. The molecule has 3 amide bonds. The van der Waals surface area contributed by atoms with Crippen molar-refractivity contribution in [1.29, 1.82) is 0 Å². The average molecular weight is 427 g/mol. The Morgan fingerprint density at radius 2 is 1.77 bits per heavy atom. The Labute approximate surface area is 184 Å². The number of hydrogen-bond acceptors (Lipinski definition) is 6. The number of amides is 3. The van der Waals surface area contributed by atoms with Crippen molar-refractivity contribution in [1.82, 2.24) is 24.9 Å². The minimum Gasteiger partial charge on any atom is -0.340 e. The van der Waals surface area contributed by atoms with Crippen LogP contribution in [0.3, 0.4) is 0 Å². The predicted molar refractivity (Wildman–Crippen MR) is 121 cm³/mol. The van der Waals surface area contributed by atoms with Crippen LogP contribution >= 0.6 is 0 Å². The zero-order valence-corrected chi connectivity index (χ0v) is 18.9. The minimum atomic E-state index is -0.441. The highest BCUT2D eigenvalue weighted by atomic mass is 16.2. The van der Waals surface area contributed by atoms with Crippen LogP contribution in [0.2, 0.25) is 0 Å². The first-order chi connectivity index (χ1) is 15.0. The zero-order chi connectivity index (χ0) is 22.0. The van der Waals surface area contributed by atoms with Crippen molar-refractivity contribution >= 4 is 17.9 Å². The summed E-state index contributed by atoms with van der Waals surface area (Å²) < 4.78 is 0. The third kappa shape index (κ3) is 4.54. The van der Waals surface area contributed by atoms with E-state index in [1.807, 2.05) is 0 Å². The summed E-state index contributed by atoms with van der Waals surface area (Å²) in [5.74, 6) is 0.638. The van der Waals surface area contributed by atoms with Gasteiger partial charge in [-0.15, -0.1) is 0 Å². The summed E-state index contributed by atoms with van der Waals surface area (Å²) >= 11 is 0. The van der Waals surface area contributed by atoms with Crippen LogP contribution in [0, 0.1) is 6.92 Å². The summed E-state index contributed by atoms with van der Waals surface area (Å²) in [6.07, 6.45) is 2.80. The smallest absolute Gasteiger partial charge is 0.325 e. The fourth-order valence-electron chi connectivity index (χ4n) is 4.60. The summed E-state index contributed by atoms with van der Waals surface area (Å²) in [6, 6.07) is 7.94. The van der Waals surface area contributed by atoms with Gasteiger partial charge in [-0.1, -0.05) is 49.6 Å². The van der Waals surface area contributed by atoms with E-state index in [-0.39, 0.29) is 11.9 Å². The van der Waals surface area contributed by atoms with Gasteiger partial charge in [-0.3, -0.25) is 15.0 Å². The molecule has 3 aliphatic heterocycles. The lowest BCUT2D eigenvalue weighted by Crippen LogP contribution is -2.64. The number of nitrogens with one attached hydrogen (secondary N) is 1. The lowest BCUT2D eigenvalue weighted by molar-refractivity contribution is -0.127. The fourth-order valence-corrected chi connectivity index (χ4v) is 4.60. The summed E-state index contributed by atoms with van der Waals surface area (Å²) in [5.41, 5.74) is 2.62. The Kier molecular flexibility index (Phi) is 6.46. The molecule has 0 spiro atoms. The van der Waals surface area contributed by atoms with Crippen molar-refractivity contribution in [2.24, 2.45) is 4.99 Å². The van der Waals surface area contributed by atoms with E-state index in [0.717, 1.165) is 64.5 Å². The van der Waals surface area contributed by atoms with Crippen molar-refractivity contribution in [2.45, 2.75) is 51.9 Å². The fraction of sp³-hybridized carbons (Fsp3) is 0.609. The topological polar surface area (TPSA) is 71.5 Å². The second-order valence-electron chi connectivity index (χ2n) is 8.84. The normalized spacial score (nSPS) is 24.4. The highest BCUT2D eigenvalue weighted by Crippen LogP contribution is 2.26. The number of carbonyl (C=O) groups excluding carboxylic acids is 2. The number of hydrogen-bond donors (Lipinski definition) is 1. The van der Waals surface area contributed by atoms with Crippen LogP contribution in [0.15, 0.2) is 29.3 Å². The average Bonchev–Trinajstić information content (AvgIpc) is 3.15. The molecule has 3 heterocycles. The number of nitrogens with zero attached hydrogens (tertiary/aromatic N) is 5. The van der Waals surface area contributed by atoms with E-state index < -0.39 is 12.2 Å². The van der Waals surface area contributed by atoms with Crippen molar-refractivity contribution in [2.75, 3.05) is 39.8 Å². The Morgan fingerprint density at radius 3 is 2.45 bits per heavy atom. The molecule has 4 rings (SSSR count). The number of likely N-dealkylation sites (N-methyl/N-ethyl adjacent to an activating group) is 1. The SMILES string of the molecule is CCCCCN1C(N2CCN(Cc3ccc(C)cc3)CC2)=NC2C1C(=O)NC(=O)N2C. The quantitative estimate of drug-likeness (QED) is 0.703. The summed E-state index contributed by atoms with van der Waals surface area (Å²) in [4.78, 5) is 38.1. The Morgan fingerprint density at radius 1 is 1.06 bits per heavy atom. The molecule has 8 nitrogen and oxygen atoms in total. The maximum Gasteiger partial charge on any atom is 0.325 e. The van der Waals surface area contributed by atoms with Gasteiger partial charge < -0.3 is 14.7 Å². The number of carbonyl (C=O) groups is 2. The van der Waals surface area contributed by atoms with Crippen LogP contribution in [0.5, 0.6) is 0 Å². The lowest BCUT2D eigenvalue weighted by atomic mass is 10.1.